The highest BCUT2D eigenvalue weighted by Gasteiger charge is 2.29. The van der Waals surface area contributed by atoms with Gasteiger partial charge in [-0.1, -0.05) is 23.7 Å². The molecule has 0 atom stereocenters. The van der Waals surface area contributed by atoms with Gasteiger partial charge in [-0.05, 0) is 24.6 Å². The molecule has 3 aromatic rings. The number of nitro benzene ring substituents is 2. The van der Waals surface area contributed by atoms with Crippen molar-refractivity contribution in [2.24, 2.45) is 0 Å². The Bertz CT molecular complexity index is 1240. The van der Waals surface area contributed by atoms with Crippen molar-refractivity contribution in [2.75, 3.05) is 11.9 Å². The third-order valence-electron chi connectivity index (χ3n) is 4.34. The van der Waals surface area contributed by atoms with Crippen molar-refractivity contribution in [3.63, 3.8) is 0 Å². The molecule has 0 bridgehead atoms. The standard InChI is InChI=1S/C20H13ClFN3O7S/c1-2-32-20(27)16-13(10-3-5-12(22)6-4-10)9-33-19(16)23-18(26)11-7-14(24(28)29)17(21)15(8-11)25(30)31/h3-9H,2H2,1H3,(H,23,26). The predicted octanol–water partition coefficient (Wildman–Crippen LogP) is 5.45. The fourth-order valence-corrected chi connectivity index (χ4v) is 4.06. The summed E-state index contributed by atoms with van der Waals surface area (Å²) in [7, 11) is 0. The molecule has 1 amide bonds. The number of amides is 1. The zero-order valence-electron chi connectivity index (χ0n) is 16.7. The number of anilines is 1. The number of rotatable bonds is 7. The number of ether oxygens (including phenoxy) is 1. The van der Waals surface area contributed by atoms with Crippen LogP contribution < -0.4 is 5.32 Å². The highest BCUT2D eigenvalue weighted by atomic mass is 35.5. The van der Waals surface area contributed by atoms with Gasteiger partial charge in [0, 0.05) is 23.1 Å². The van der Waals surface area contributed by atoms with Crippen LogP contribution in [0, 0.1) is 26.0 Å². The normalized spacial score (nSPS) is 10.5. The van der Waals surface area contributed by atoms with Crippen LogP contribution in [-0.2, 0) is 4.74 Å². The Hall–Kier alpha value is -3.90. The molecule has 0 saturated carbocycles. The molecule has 1 N–H and O–H groups in total. The number of hydrogen-bond donors (Lipinski definition) is 1. The molecule has 10 nitrogen and oxygen atoms in total. The van der Waals surface area contributed by atoms with Gasteiger partial charge >= 0.3 is 5.97 Å². The highest BCUT2D eigenvalue weighted by molar-refractivity contribution is 7.15. The first-order valence-electron chi connectivity index (χ1n) is 9.12. The van der Waals surface area contributed by atoms with Gasteiger partial charge in [0.15, 0.2) is 5.02 Å². The van der Waals surface area contributed by atoms with Crippen molar-refractivity contribution >= 4 is 51.2 Å². The molecule has 0 spiro atoms. The van der Waals surface area contributed by atoms with Gasteiger partial charge in [0.2, 0.25) is 0 Å². The number of carbonyl (C=O) groups is 2. The van der Waals surface area contributed by atoms with E-state index in [1.807, 2.05) is 0 Å². The van der Waals surface area contributed by atoms with Gasteiger partial charge in [-0.3, -0.25) is 25.0 Å². The Kier molecular flexibility index (Phi) is 6.99. The molecule has 0 aliphatic heterocycles. The van der Waals surface area contributed by atoms with Gasteiger partial charge in [-0.25, -0.2) is 9.18 Å². The third-order valence-corrected chi connectivity index (χ3v) is 5.63. The number of carbonyl (C=O) groups excluding carboxylic acids is 2. The van der Waals surface area contributed by atoms with Gasteiger partial charge in [0.25, 0.3) is 17.3 Å². The van der Waals surface area contributed by atoms with Crippen LogP contribution in [0.15, 0.2) is 41.8 Å². The lowest BCUT2D eigenvalue weighted by molar-refractivity contribution is -0.393. The summed E-state index contributed by atoms with van der Waals surface area (Å²) in [6, 6.07) is 6.87. The monoisotopic (exact) mass is 493 g/mol. The molecule has 0 aliphatic carbocycles. The molecule has 170 valence electrons. The number of nitro groups is 2. The zero-order valence-corrected chi connectivity index (χ0v) is 18.2. The maximum Gasteiger partial charge on any atom is 0.341 e. The predicted molar refractivity (Wildman–Crippen MR) is 118 cm³/mol. The molecular weight excluding hydrogens is 481 g/mol. The van der Waals surface area contributed by atoms with Crippen LogP contribution in [0.25, 0.3) is 11.1 Å². The number of nitrogens with one attached hydrogen (secondary N) is 1. The number of hydrogen-bond acceptors (Lipinski definition) is 8. The quantitative estimate of drug-likeness (QED) is 0.262. The van der Waals surface area contributed by atoms with Crippen LogP contribution in [0.4, 0.5) is 20.8 Å². The Morgan fingerprint density at radius 2 is 1.70 bits per heavy atom. The smallest absolute Gasteiger partial charge is 0.341 e. The summed E-state index contributed by atoms with van der Waals surface area (Å²) < 4.78 is 18.4. The number of esters is 1. The van der Waals surface area contributed by atoms with Crippen molar-refractivity contribution in [3.8, 4) is 11.1 Å². The molecule has 0 saturated heterocycles. The van der Waals surface area contributed by atoms with Gasteiger partial charge in [-0.15, -0.1) is 11.3 Å². The molecule has 1 heterocycles. The van der Waals surface area contributed by atoms with Gasteiger partial charge < -0.3 is 10.1 Å². The summed E-state index contributed by atoms with van der Waals surface area (Å²) in [6.45, 7) is 1.63. The highest BCUT2D eigenvalue weighted by Crippen LogP contribution is 2.38. The summed E-state index contributed by atoms with van der Waals surface area (Å²) >= 11 is 6.67. The maximum atomic E-state index is 13.3. The lowest BCUT2D eigenvalue weighted by Gasteiger charge is -2.09. The molecule has 2 aromatic carbocycles. The largest absolute Gasteiger partial charge is 0.462 e. The Labute approximate surface area is 193 Å². The lowest BCUT2D eigenvalue weighted by atomic mass is 10.0. The molecule has 13 heteroatoms. The molecule has 3 rings (SSSR count). The first-order valence-corrected chi connectivity index (χ1v) is 10.4. The van der Waals surface area contributed by atoms with E-state index in [4.69, 9.17) is 16.3 Å². The van der Waals surface area contributed by atoms with Crippen LogP contribution in [0.1, 0.15) is 27.6 Å². The van der Waals surface area contributed by atoms with Gasteiger partial charge in [0.05, 0.1) is 22.0 Å². The Morgan fingerprint density at radius 1 is 1.12 bits per heavy atom. The Balaban J connectivity index is 2.05. The van der Waals surface area contributed by atoms with E-state index in [1.54, 1.807) is 12.3 Å². The summed E-state index contributed by atoms with van der Waals surface area (Å²) in [4.78, 5) is 45.9. The van der Waals surface area contributed by atoms with Crippen molar-refractivity contribution < 1.29 is 28.6 Å². The minimum absolute atomic E-state index is 0.0141. The van der Waals surface area contributed by atoms with Crippen LogP contribution in [0.3, 0.4) is 0 Å². The van der Waals surface area contributed by atoms with E-state index < -0.39 is 49.5 Å². The second kappa shape index (κ2) is 9.71. The molecule has 0 fully saturated rings. The van der Waals surface area contributed by atoms with Crippen molar-refractivity contribution in [1.82, 2.24) is 0 Å². The van der Waals surface area contributed by atoms with E-state index in [0.29, 0.717) is 11.1 Å². The van der Waals surface area contributed by atoms with Gasteiger partial charge in [-0.2, -0.15) is 0 Å². The molecule has 1 aromatic heterocycles. The van der Waals surface area contributed by atoms with E-state index in [0.717, 1.165) is 23.5 Å². The van der Waals surface area contributed by atoms with E-state index in [9.17, 15) is 34.2 Å². The summed E-state index contributed by atoms with van der Waals surface area (Å²) in [5.41, 5.74) is -1.22. The van der Waals surface area contributed by atoms with Crippen LogP contribution >= 0.6 is 22.9 Å². The van der Waals surface area contributed by atoms with Crippen molar-refractivity contribution in [3.05, 3.63) is 84.0 Å². The average Bonchev–Trinajstić information content (AvgIpc) is 3.17. The first kappa shape index (κ1) is 23.8. The third kappa shape index (κ3) is 4.96. The second-order valence-corrected chi connectivity index (χ2v) is 7.64. The fourth-order valence-electron chi connectivity index (χ4n) is 2.86. The van der Waals surface area contributed by atoms with Crippen LogP contribution in [0.2, 0.25) is 5.02 Å². The maximum absolute atomic E-state index is 13.3. The number of halogens is 2. The van der Waals surface area contributed by atoms with Crippen molar-refractivity contribution in [1.29, 1.82) is 0 Å². The molecule has 0 aliphatic rings. The molecule has 0 unspecified atom stereocenters. The first-order chi connectivity index (χ1) is 15.6. The molecular formula is C20H13ClFN3O7S. The zero-order chi connectivity index (χ0) is 24.3. The van der Waals surface area contributed by atoms with E-state index in [2.05, 4.69) is 5.32 Å². The lowest BCUT2D eigenvalue weighted by Crippen LogP contribution is -2.15. The number of nitrogens with zero attached hydrogens (tertiary/aromatic N) is 2. The number of thiophene rings is 1. The Morgan fingerprint density at radius 3 is 2.21 bits per heavy atom. The summed E-state index contributed by atoms with van der Waals surface area (Å²) in [5.74, 6) is -2.19. The van der Waals surface area contributed by atoms with E-state index in [-0.39, 0.29) is 17.2 Å². The number of benzene rings is 2. The van der Waals surface area contributed by atoms with Crippen molar-refractivity contribution in [2.45, 2.75) is 6.92 Å². The van der Waals surface area contributed by atoms with Gasteiger partial charge in [0.1, 0.15) is 16.4 Å². The minimum Gasteiger partial charge on any atom is -0.462 e. The van der Waals surface area contributed by atoms with E-state index >= 15 is 0 Å². The summed E-state index contributed by atoms with van der Waals surface area (Å²) in [5, 5.41) is 25.7. The average molecular weight is 494 g/mol. The summed E-state index contributed by atoms with van der Waals surface area (Å²) in [6.07, 6.45) is 0. The fraction of sp³-hybridized carbons (Fsp3) is 0.100. The van der Waals surface area contributed by atoms with Crippen LogP contribution in [0.5, 0.6) is 0 Å². The SMILES string of the molecule is CCOC(=O)c1c(-c2ccc(F)cc2)csc1NC(=O)c1cc([N+](=O)[O-])c(Cl)c([N+](=O)[O-])c1. The molecule has 33 heavy (non-hydrogen) atoms. The van der Waals surface area contributed by atoms with Crippen LogP contribution in [-0.4, -0.2) is 28.3 Å². The van der Waals surface area contributed by atoms with E-state index in [1.165, 1.54) is 24.3 Å². The second-order valence-electron chi connectivity index (χ2n) is 6.38. The molecule has 0 radical (unpaired) electrons. The minimum atomic E-state index is -0.950. The topological polar surface area (TPSA) is 142 Å².